The summed E-state index contributed by atoms with van der Waals surface area (Å²) < 4.78 is 33.6. The largest absolute Gasteiger partial charge is 0.756 e. The van der Waals surface area contributed by atoms with Gasteiger partial charge in [-0.2, -0.15) is 0 Å². The van der Waals surface area contributed by atoms with Gasteiger partial charge in [-0.15, -0.1) is 0 Å². The third-order valence-electron chi connectivity index (χ3n) is 8.43. The number of esters is 2. The number of hydrogen-bond donors (Lipinski definition) is 1. The van der Waals surface area contributed by atoms with Crippen molar-refractivity contribution in [1.29, 1.82) is 0 Å². The monoisotopic (exact) mass is 770 g/mol. The Balaban J connectivity index is 4.61. The molecule has 0 aliphatic heterocycles. The van der Waals surface area contributed by atoms with Crippen LogP contribution in [0.1, 0.15) is 149 Å². The maximum Gasteiger partial charge on any atom is 0.306 e. The predicted molar refractivity (Wildman–Crippen MR) is 214 cm³/mol. The maximum atomic E-state index is 12.6. The van der Waals surface area contributed by atoms with Gasteiger partial charge in [-0.3, -0.25) is 14.2 Å². The van der Waals surface area contributed by atoms with Gasteiger partial charge in [0.2, 0.25) is 0 Å². The first-order chi connectivity index (χ1) is 25.4. The third-order valence-corrected chi connectivity index (χ3v) is 9.40. The molecule has 0 fully saturated rings. The van der Waals surface area contributed by atoms with E-state index < -0.39 is 38.6 Å². The fourth-order valence-electron chi connectivity index (χ4n) is 5.14. The van der Waals surface area contributed by atoms with Gasteiger partial charge in [0, 0.05) is 12.8 Å². The number of aliphatic hydroxyl groups excluding tert-OH is 1. The van der Waals surface area contributed by atoms with Crippen LogP contribution in [0, 0.1) is 0 Å². The summed E-state index contributed by atoms with van der Waals surface area (Å²) in [5, 5.41) is 10.1. The Morgan fingerprint density at radius 3 is 1.94 bits per heavy atom. The highest BCUT2D eigenvalue weighted by atomic mass is 31.2. The van der Waals surface area contributed by atoms with Crippen molar-refractivity contribution < 1.29 is 47.2 Å². The number of allylic oxidation sites excluding steroid dienone is 6. The number of nitrogens with zero attached hydrogens (tertiary/aromatic N) is 1. The molecular formula is C42H76NO9P. The van der Waals surface area contributed by atoms with Crippen molar-refractivity contribution in [3.05, 3.63) is 48.6 Å². The van der Waals surface area contributed by atoms with Crippen LogP contribution in [0.15, 0.2) is 48.6 Å². The zero-order chi connectivity index (χ0) is 39.5. The van der Waals surface area contributed by atoms with E-state index in [1.165, 1.54) is 64.2 Å². The lowest BCUT2D eigenvalue weighted by Gasteiger charge is -2.28. The molecule has 0 radical (unpaired) electrons. The average molecular weight is 770 g/mol. The van der Waals surface area contributed by atoms with Crippen LogP contribution in [0.5, 0.6) is 0 Å². The summed E-state index contributed by atoms with van der Waals surface area (Å²) in [6.07, 6.45) is 34.6. The Morgan fingerprint density at radius 1 is 0.698 bits per heavy atom. The number of hydrogen-bond acceptors (Lipinski definition) is 9. The summed E-state index contributed by atoms with van der Waals surface area (Å²) in [5.74, 6) is -0.968. The van der Waals surface area contributed by atoms with Crippen LogP contribution >= 0.6 is 7.82 Å². The number of carbonyl (C=O) groups is 2. The normalized spacial score (nSPS) is 14.8. The van der Waals surface area contributed by atoms with Crippen LogP contribution in [0.3, 0.4) is 0 Å². The first-order valence-electron chi connectivity index (χ1n) is 20.5. The van der Waals surface area contributed by atoms with Crippen LogP contribution in [0.25, 0.3) is 0 Å². The predicted octanol–water partition coefficient (Wildman–Crippen LogP) is 9.47. The molecule has 0 saturated heterocycles. The van der Waals surface area contributed by atoms with E-state index in [2.05, 4.69) is 32.1 Å². The Morgan fingerprint density at radius 2 is 1.28 bits per heavy atom. The van der Waals surface area contributed by atoms with Crippen molar-refractivity contribution in [2.75, 3.05) is 47.5 Å². The van der Waals surface area contributed by atoms with Crippen molar-refractivity contribution in [2.45, 2.75) is 161 Å². The zero-order valence-corrected chi connectivity index (χ0v) is 35.0. The molecule has 0 aromatic rings. The molecule has 0 heterocycles. The van der Waals surface area contributed by atoms with E-state index in [1.807, 2.05) is 39.4 Å². The van der Waals surface area contributed by atoms with Crippen molar-refractivity contribution in [3.63, 3.8) is 0 Å². The smallest absolute Gasteiger partial charge is 0.306 e. The van der Waals surface area contributed by atoms with Gasteiger partial charge in [-0.05, 0) is 44.9 Å². The molecule has 11 heteroatoms. The van der Waals surface area contributed by atoms with E-state index in [1.54, 1.807) is 12.2 Å². The minimum absolute atomic E-state index is 0.0570. The maximum absolute atomic E-state index is 12.6. The number of phosphoric ester groups is 1. The number of rotatable bonds is 36. The van der Waals surface area contributed by atoms with E-state index >= 15 is 0 Å². The fraction of sp³-hybridized carbons (Fsp3) is 0.762. The van der Waals surface area contributed by atoms with Gasteiger partial charge in [0.25, 0.3) is 7.82 Å². The summed E-state index contributed by atoms with van der Waals surface area (Å²) in [5.41, 5.74) is 0. The first kappa shape index (κ1) is 50.9. The molecule has 2 unspecified atom stereocenters. The van der Waals surface area contributed by atoms with Gasteiger partial charge in [-0.25, -0.2) is 0 Å². The van der Waals surface area contributed by atoms with Crippen molar-refractivity contribution >= 4 is 19.8 Å². The molecule has 0 rings (SSSR count). The van der Waals surface area contributed by atoms with Crippen LogP contribution in [-0.2, 0) is 32.7 Å². The molecule has 0 bridgehead atoms. The topological polar surface area (TPSA) is 131 Å². The molecule has 0 aromatic heterocycles. The summed E-state index contributed by atoms with van der Waals surface area (Å²) in [6.45, 7) is 4.00. The number of carbonyl (C=O) groups excluding carboxylic acids is 2. The quantitative estimate of drug-likeness (QED) is 0.0165. The number of likely N-dealkylation sites (N-methyl/N-ethyl adjacent to an activating group) is 1. The SMILES string of the molecule is CCCCC/C=C\C/C=C\CC(O)/C=C\C=C\CCCC(=O)O[C@H](COC(=O)CCCCCCCCCCCCC)COP(=O)([O-])OCC[N+](C)(C)C. The Labute approximate surface area is 323 Å². The van der Waals surface area contributed by atoms with Gasteiger partial charge in [0.05, 0.1) is 33.9 Å². The standard InChI is InChI=1S/C42H76NO9P/c1-6-8-10-12-14-16-17-19-21-25-29-33-41(45)49-37-40(38-51-53(47,48)50-36-35-43(3,4)5)52-42(46)34-30-26-22-24-28-32-39(44)31-27-23-20-18-15-13-11-9-7-2/h15,18,22-24,27-28,32,39-40,44H,6-14,16-17,19-21,25-26,29-31,33-38H2,1-5H3/b18-15-,24-22+,27-23-,32-28-/t39?,40-/m1/s1. The van der Waals surface area contributed by atoms with Gasteiger partial charge >= 0.3 is 11.9 Å². The number of aliphatic hydroxyl groups is 1. The lowest BCUT2D eigenvalue weighted by atomic mass is 10.1. The summed E-state index contributed by atoms with van der Waals surface area (Å²) in [7, 11) is 1.07. The summed E-state index contributed by atoms with van der Waals surface area (Å²) in [6, 6.07) is 0. The molecular weight excluding hydrogens is 693 g/mol. The van der Waals surface area contributed by atoms with Gasteiger partial charge < -0.3 is 33.0 Å². The van der Waals surface area contributed by atoms with Gasteiger partial charge in [0.1, 0.15) is 19.8 Å². The molecule has 0 saturated carbocycles. The third kappa shape index (κ3) is 38.0. The zero-order valence-electron chi connectivity index (χ0n) is 34.1. The van der Waals surface area contributed by atoms with E-state index in [-0.39, 0.29) is 26.1 Å². The highest BCUT2D eigenvalue weighted by Gasteiger charge is 2.21. The Hall–Kier alpha value is -2.07. The fourth-order valence-corrected chi connectivity index (χ4v) is 5.87. The van der Waals surface area contributed by atoms with Crippen molar-refractivity contribution in [3.8, 4) is 0 Å². The lowest BCUT2D eigenvalue weighted by Crippen LogP contribution is -2.37. The molecule has 53 heavy (non-hydrogen) atoms. The molecule has 1 N–H and O–H groups in total. The molecule has 308 valence electrons. The second-order valence-corrected chi connectivity index (χ2v) is 16.3. The lowest BCUT2D eigenvalue weighted by molar-refractivity contribution is -0.870. The Kier molecular flexibility index (Phi) is 33.1. The van der Waals surface area contributed by atoms with Crippen LogP contribution < -0.4 is 4.89 Å². The molecule has 0 spiro atoms. The molecule has 10 nitrogen and oxygen atoms in total. The van der Waals surface area contributed by atoms with Crippen molar-refractivity contribution in [2.24, 2.45) is 0 Å². The van der Waals surface area contributed by atoms with Crippen LogP contribution in [-0.4, -0.2) is 81.2 Å². The van der Waals surface area contributed by atoms with E-state index in [0.717, 1.165) is 32.1 Å². The second-order valence-electron chi connectivity index (χ2n) is 14.9. The van der Waals surface area contributed by atoms with E-state index in [0.29, 0.717) is 36.7 Å². The van der Waals surface area contributed by atoms with E-state index in [4.69, 9.17) is 18.5 Å². The Bertz CT molecular complexity index is 1070. The highest BCUT2D eigenvalue weighted by molar-refractivity contribution is 7.45. The van der Waals surface area contributed by atoms with Gasteiger partial charge in [0.15, 0.2) is 6.10 Å². The summed E-state index contributed by atoms with van der Waals surface area (Å²) >= 11 is 0. The number of phosphoric acid groups is 1. The minimum Gasteiger partial charge on any atom is -0.756 e. The number of ether oxygens (including phenoxy) is 2. The second kappa shape index (κ2) is 34.4. The first-order valence-corrected chi connectivity index (χ1v) is 21.9. The number of quaternary nitrogens is 1. The minimum atomic E-state index is -4.66. The van der Waals surface area contributed by atoms with Crippen LogP contribution in [0.2, 0.25) is 0 Å². The molecule has 3 atom stereocenters. The highest BCUT2D eigenvalue weighted by Crippen LogP contribution is 2.38. The average Bonchev–Trinajstić information content (AvgIpc) is 3.10. The molecule has 0 aliphatic carbocycles. The van der Waals surface area contributed by atoms with Crippen molar-refractivity contribution in [1.82, 2.24) is 0 Å². The molecule has 0 aromatic carbocycles. The molecule has 0 aliphatic rings. The summed E-state index contributed by atoms with van der Waals surface area (Å²) in [4.78, 5) is 37.4. The van der Waals surface area contributed by atoms with Gasteiger partial charge in [-0.1, -0.05) is 140 Å². The number of unbranched alkanes of at least 4 members (excludes halogenated alkanes) is 14. The molecule has 0 amide bonds. The van der Waals surface area contributed by atoms with Crippen LogP contribution in [0.4, 0.5) is 0 Å². The van der Waals surface area contributed by atoms with E-state index in [9.17, 15) is 24.2 Å².